The summed E-state index contributed by atoms with van der Waals surface area (Å²) < 4.78 is 22.1. The van der Waals surface area contributed by atoms with Gasteiger partial charge in [-0.3, -0.25) is 13.8 Å². The minimum absolute atomic E-state index is 0.0758. The molecule has 3 unspecified atom stereocenters. The second-order valence-electron chi connectivity index (χ2n) is 14.2. The van der Waals surface area contributed by atoms with E-state index in [2.05, 4.69) is 31.3 Å². The second-order valence-corrected chi connectivity index (χ2v) is 15.7. The predicted molar refractivity (Wildman–Crippen MR) is 212 cm³/mol. The summed E-state index contributed by atoms with van der Waals surface area (Å²) in [4.78, 5) is 22.6. The number of carbonyl (C=O) groups excluding carboxylic acids is 1. The van der Waals surface area contributed by atoms with Crippen LogP contribution in [0, 0.1) is 0 Å². The molecule has 3 atom stereocenters. The van der Waals surface area contributed by atoms with E-state index in [0.29, 0.717) is 6.42 Å². The fourth-order valence-electron chi connectivity index (χ4n) is 6.09. The van der Waals surface area contributed by atoms with E-state index < -0.39 is 20.0 Å². The molecule has 9 heteroatoms. The Labute approximate surface area is 308 Å². The molecule has 296 valence electrons. The van der Waals surface area contributed by atoms with Crippen molar-refractivity contribution in [2.45, 2.75) is 212 Å². The average Bonchev–Trinajstić information content (AvgIpc) is 3.10. The summed E-state index contributed by atoms with van der Waals surface area (Å²) in [5, 5.41) is 13.6. The van der Waals surface area contributed by atoms with Crippen molar-refractivity contribution < 1.29 is 28.4 Å². The molecule has 0 radical (unpaired) electrons. The second kappa shape index (κ2) is 37.7. The van der Waals surface area contributed by atoms with Gasteiger partial charge < -0.3 is 21.1 Å². The zero-order valence-electron chi connectivity index (χ0n) is 32.6. The first-order chi connectivity index (χ1) is 24.4. The normalized spacial score (nSPS) is 14.4. The van der Waals surface area contributed by atoms with Crippen LogP contribution >= 0.6 is 7.82 Å². The van der Waals surface area contributed by atoms with Gasteiger partial charge in [-0.05, 0) is 32.1 Å². The molecule has 0 aromatic carbocycles. The van der Waals surface area contributed by atoms with Crippen LogP contribution in [-0.4, -0.2) is 47.8 Å². The number of allylic oxidation sites excluding steroid dienone is 3. The molecular formula is C41H81N2O6P. The zero-order chi connectivity index (χ0) is 36.8. The van der Waals surface area contributed by atoms with E-state index in [-0.39, 0.29) is 25.7 Å². The maximum atomic E-state index is 12.7. The number of nitrogens with two attached hydrogens (primary N) is 1. The third-order valence-electron chi connectivity index (χ3n) is 9.28. The van der Waals surface area contributed by atoms with Crippen molar-refractivity contribution in [1.82, 2.24) is 5.32 Å². The molecule has 0 bridgehead atoms. The first-order valence-corrected chi connectivity index (χ1v) is 22.5. The summed E-state index contributed by atoms with van der Waals surface area (Å²) >= 11 is 0. The Morgan fingerprint density at radius 3 is 1.54 bits per heavy atom. The Bertz CT molecular complexity index is 840. The monoisotopic (exact) mass is 729 g/mol. The van der Waals surface area contributed by atoms with Crippen LogP contribution in [0.3, 0.4) is 0 Å². The molecular weight excluding hydrogens is 647 g/mol. The van der Waals surface area contributed by atoms with Crippen LogP contribution in [-0.2, 0) is 18.4 Å². The van der Waals surface area contributed by atoms with Gasteiger partial charge in [0.05, 0.1) is 25.4 Å². The van der Waals surface area contributed by atoms with Crippen LogP contribution in [0.1, 0.15) is 200 Å². The van der Waals surface area contributed by atoms with Gasteiger partial charge in [-0.15, -0.1) is 0 Å². The average molecular weight is 729 g/mol. The number of hydrogen-bond donors (Lipinski definition) is 4. The first kappa shape index (κ1) is 49.0. The summed E-state index contributed by atoms with van der Waals surface area (Å²) in [6.45, 7) is 4.12. The molecule has 0 fully saturated rings. The number of phosphoric ester groups is 1. The fraction of sp³-hybridized carbons (Fsp3) is 0.878. The molecule has 0 heterocycles. The van der Waals surface area contributed by atoms with Gasteiger partial charge in [0, 0.05) is 13.0 Å². The van der Waals surface area contributed by atoms with Gasteiger partial charge in [-0.1, -0.05) is 186 Å². The fourth-order valence-corrected chi connectivity index (χ4v) is 6.85. The van der Waals surface area contributed by atoms with Crippen molar-refractivity contribution in [3.8, 4) is 0 Å². The SMILES string of the molecule is CCCCCCCCCCCCCC/C=C/CC/C=C/C(O)C(COP(=O)(O)OCCN)NC(=O)CCCCCCCCCCCCCCC. The lowest BCUT2D eigenvalue weighted by atomic mass is 10.0. The smallest absolute Gasteiger partial charge is 0.387 e. The number of aliphatic hydroxyl groups excluding tert-OH is 1. The highest BCUT2D eigenvalue weighted by Crippen LogP contribution is 2.43. The Balaban J connectivity index is 4.28. The summed E-state index contributed by atoms with van der Waals surface area (Å²) in [5.41, 5.74) is 5.36. The van der Waals surface area contributed by atoms with Gasteiger partial charge in [-0.2, -0.15) is 0 Å². The highest BCUT2D eigenvalue weighted by molar-refractivity contribution is 7.47. The van der Waals surface area contributed by atoms with E-state index in [0.717, 1.165) is 38.5 Å². The lowest BCUT2D eigenvalue weighted by Gasteiger charge is -2.23. The quantitative estimate of drug-likeness (QED) is 0.0281. The summed E-state index contributed by atoms with van der Waals surface area (Å²) in [6.07, 6.45) is 42.3. The molecule has 0 saturated carbocycles. The van der Waals surface area contributed by atoms with Gasteiger partial charge in [0.15, 0.2) is 0 Å². The van der Waals surface area contributed by atoms with Crippen LogP contribution in [0.2, 0.25) is 0 Å². The third kappa shape index (κ3) is 35.4. The van der Waals surface area contributed by atoms with Gasteiger partial charge >= 0.3 is 7.82 Å². The molecule has 0 aromatic rings. The van der Waals surface area contributed by atoms with E-state index in [4.69, 9.17) is 14.8 Å². The van der Waals surface area contributed by atoms with E-state index in [1.807, 2.05) is 6.08 Å². The van der Waals surface area contributed by atoms with Crippen molar-refractivity contribution in [2.75, 3.05) is 19.8 Å². The Morgan fingerprint density at radius 1 is 0.640 bits per heavy atom. The maximum absolute atomic E-state index is 12.7. The zero-order valence-corrected chi connectivity index (χ0v) is 33.5. The minimum atomic E-state index is -4.34. The van der Waals surface area contributed by atoms with E-state index in [9.17, 15) is 19.4 Å². The molecule has 0 aromatic heterocycles. The molecule has 0 spiro atoms. The number of hydrogen-bond acceptors (Lipinski definition) is 6. The van der Waals surface area contributed by atoms with Crippen molar-refractivity contribution in [1.29, 1.82) is 0 Å². The Hall–Kier alpha value is -1.02. The van der Waals surface area contributed by atoms with E-state index >= 15 is 0 Å². The van der Waals surface area contributed by atoms with E-state index in [1.54, 1.807) is 6.08 Å². The summed E-state index contributed by atoms with van der Waals surface area (Å²) in [5.74, 6) is -0.203. The molecule has 8 nitrogen and oxygen atoms in total. The van der Waals surface area contributed by atoms with Gasteiger partial charge in [0.1, 0.15) is 0 Å². The molecule has 1 amide bonds. The molecule has 0 aliphatic heterocycles. The van der Waals surface area contributed by atoms with Crippen LogP contribution in [0.25, 0.3) is 0 Å². The summed E-state index contributed by atoms with van der Waals surface area (Å²) in [7, 11) is -4.34. The molecule has 0 saturated heterocycles. The topological polar surface area (TPSA) is 131 Å². The van der Waals surface area contributed by atoms with Gasteiger partial charge in [0.2, 0.25) is 5.91 Å². The number of phosphoric acid groups is 1. The number of unbranched alkanes of at least 4 members (excludes halogenated alkanes) is 25. The van der Waals surface area contributed by atoms with Crippen molar-refractivity contribution in [3.05, 3.63) is 24.3 Å². The molecule has 0 aliphatic rings. The lowest BCUT2D eigenvalue weighted by Crippen LogP contribution is -2.45. The van der Waals surface area contributed by atoms with Crippen LogP contribution in [0.5, 0.6) is 0 Å². The highest BCUT2D eigenvalue weighted by atomic mass is 31.2. The standard InChI is InChI=1S/C41H81N2O6P/c1-3-5-7-9-11-13-15-17-18-19-20-21-23-24-26-28-30-32-34-40(44)39(38-49-50(46,47)48-37-36-42)43-41(45)35-33-31-29-27-25-22-16-14-12-10-8-6-4-2/h24,26,32,34,39-40,44H,3-23,25,27-31,33,35-38,42H2,1-2H3,(H,43,45)(H,46,47)/b26-24+,34-32+. The van der Waals surface area contributed by atoms with Crippen molar-refractivity contribution >= 4 is 13.7 Å². The van der Waals surface area contributed by atoms with Crippen LogP contribution in [0.15, 0.2) is 24.3 Å². The summed E-state index contributed by atoms with van der Waals surface area (Å²) in [6, 6.07) is -0.871. The molecule has 50 heavy (non-hydrogen) atoms. The van der Waals surface area contributed by atoms with Crippen LogP contribution in [0.4, 0.5) is 0 Å². The number of amides is 1. The highest BCUT2D eigenvalue weighted by Gasteiger charge is 2.26. The number of carbonyl (C=O) groups is 1. The van der Waals surface area contributed by atoms with Crippen LogP contribution < -0.4 is 11.1 Å². The predicted octanol–water partition coefficient (Wildman–Crippen LogP) is 11.4. The molecule has 0 aliphatic carbocycles. The first-order valence-electron chi connectivity index (χ1n) is 21.0. The largest absolute Gasteiger partial charge is 0.472 e. The molecule has 5 N–H and O–H groups in total. The number of aliphatic hydroxyl groups is 1. The van der Waals surface area contributed by atoms with Crippen molar-refractivity contribution in [2.24, 2.45) is 5.73 Å². The molecule has 0 rings (SSSR count). The minimum Gasteiger partial charge on any atom is -0.387 e. The lowest BCUT2D eigenvalue weighted by molar-refractivity contribution is -0.123. The Kier molecular flexibility index (Phi) is 37.0. The van der Waals surface area contributed by atoms with Gasteiger partial charge in [-0.25, -0.2) is 4.57 Å². The number of rotatable bonds is 39. The van der Waals surface area contributed by atoms with E-state index in [1.165, 1.54) is 141 Å². The Morgan fingerprint density at radius 2 is 1.06 bits per heavy atom. The maximum Gasteiger partial charge on any atom is 0.472 e. The number of nitrogens with one attached hydrogen (secondary N) is 1. The third-order valence-corrected chi connectivity index (χ3v) is 10.3. The van der Waals surface area contributed by atoms with Gasteiger partial charge in [0.25, 0.3) is 0 Å². The van der Waals surface area contributed by atoms with Crippen molar-refractivity contribution in [3.63, 3.8) is 0 Å².